The van der Waals surface area contributed by atoms with Crippen molar-refractivity contribution in [1.82, 2.24) is 0 Å². The molecule has 8 nitrogen and oxygen atoms in total. The normalized spacial score (nSPS) is 13.4. The third-order valence-corrected chi connectivity index (χ3v) is 4.70. The molecule has 1 aliphatic rings. The highest BCUT2D eigenvalue weighted by Crippen LogP contribution is 2.39. The van der Waals surface area contributed by atoms with Crippen molar-refractivity contribution in [3.05, 3.63) is 47.8 Å². The predicted octanol–water partition coefficient (Wildman–Crippen LogP) is 3.26. The fourth-order valence-electron chi connectivity index (χ4n) is 3.23. The Labute approximate surface area is 186 Å². The number of morpholine rings is 1. The largest absolute Gasteiger partial charge is 0.492 e. The minimum absolute atomic E-state index is 0.155. The number of esters is 1. The van der Waals surface area contributed by atoms with Gasteiger partial charge in [-0.1, -0.05) is 0 Å². The molecule has 1 N–H and O–H groups in total. The van der Waals surface area contributed by atoms with Crippen LogP contribution < -0.4 is 19.7 Å². The molecule has 0 saturated carbocycles. The summed E-state index contributed by atoms with van der Waals surface area (Å²) in [5, 5.41) is 2.72. The molecule has 0 unspecified atom stereocenters. The van der Waals surface area contributed by atoms with Gasteiger partial charge in [0.2, 0.25) is 0 Å². The third kappa shape index (κ3) is 6.10. The molecule has 9 heteroatoms. The molecule has 172 valence electrons. The van der Waals surface area contributed by atoms with Gasteiger partial charge in [0.15, 0.2) is 6.61 Å². The molecule has 0 radical (unpaired) electrons. The summed E-state index contributed by atoms with van der Waals surface area (Å²) in [5.74, 6) is -0.633. The monoisotopic (exact) mass is 446 g/mol. The van der Waals surface area contributed by atoms with Gasteiger partial charge in [-0.25, -0.2) is 9.18 Å². The molecule has 1 aliphatic heterocycles. The minimum atomic E-state index is -0.720. The van der Waals surface area contributed by atoms with E-state index in [1.165, 1.54) is 12.1 Å². The molecule has 3 rings (SSSR count). The maximum Gasteiger partial charge on any atom is 0.338 e. The number of ether oxygens (including phenoxy) is 4. The number of benzene rings is 2. The number of nitrogens with zero attached hydrogens (tertiary/aromatic N) is 1. The number of nitrogens with one attached hydrogen (secondary N) is 1. The highest BCUT2D eigenvalue weighted by Gasteiger charge is 2.21. The smallest absolute Gasteiger partial charge is 0.338 e. The molecule has 2 aromatic rings. The Balaban J connectivity index is 1.73. The van der Waals surface area contributed by atoms with E-state index in [1.807, 2.05) is 19.9 Å². The molecule has 1 saturated heterocycles. The fourth-order valence-corrected chi connectivity index (χ4v) is 3.23. The van der Waals surface area contributed by atoms with Gasteiger partial charge >= 0.3 is 5.97 Å². The maximum atomic E-state index is 13.0. The van der Waals surface area contributed by atoms with Gasteiger partial charge in [0.25, 0.3) is 5.91 Å². The van der Waals surface area contributed by atoms with E-state index in [2.05, 4.69) is 10.2 Å². The summed E-state index contributed by atoms with van der Waals surface area (Å²) in [6.07, 6.45) is 0. The van der Waals surface area contributed by atoms with Crippen molar-refractivity contribution in [3.63, 3.8) is 0 Å². The zero-order valence-electron chi connectivity index (χ0n) is 18.2. The number of hydrogen-bond acceptors (Lipinski definition) is 7. The first-order chi connectivity index (χ1) is 15.5. The van der Waals surface area contributed by atoms with Gasteiger partial charge in [-0.05, 0) is 38.1 Å². The van der Waals surface area contributed by atoms with Crippen LogP contribution in [0.25, 0.3) is 0 Å². The van der Waals surface area contributed by atoms with Gasteiger partial charge in [-0.2, -0.15) is 0 Å². The highest BCUT2D eigenvalue weighted by molar-refractivity contribution is 5.97. The summed E-state index contributed by atoms with van der Waals surface area (Å²) >= 11 is 0. The van der Waals surface area contributed by atoms with E-state index in [1.54, 1.807) is 6.07 Å². The van der Waals surface area contributed by atoms with Gasteiger partial charge < -0.3 is 29.2 Å². The SMILES string of the molecule is CCOc1cc(N2CCOCC2)c(OCC)cc1NC(=O)COC(=O)c1ccc(F)cc1. The van der Waals surface area contributed by atoms with Gasteiger partial charge in [0.1, 0.15) is 17.3 Å². The van der Waals surface area contributed by atoms with E-state index in [4.69, 9.17) is 18.9 Å². The van der Waals surface area contributed by atoms with Crippen LogP contribution in [0.15, 0.2) is 36.4 Å². The average Bonchev–Trinajstić information content (AvgIpc) is 2.80. The summed E-state index contributed by atoms with van der Waals surface area (Å²) in [4.78, 5) is 26.6. The minimum Gasteiger partial charge on any atom is -0.492 e. The molecular weight excluding hydrogens is 419 g/mol. The molecule has 2 aromatic carbocycles. The molecule has 0 aliphatic carbocycles. The lowest BCUT2D eigenvalue weighted by molar-refractivity contribution is -0.119. The van der Waals surface area contributed by atoms with Crippen LogP contribution in [0.4, 0.5) is 15.8 Å². The number of carbonyl (C=O) groups is 2. The van der Waals surface area contributed by atoms with Crippen LogP contribution >= 0.6 is 0 Å². The summed E-state index contributed by atoms with van der Waals surface area (Å²) in [7, 11) is 0. The third-order valence-electron chi connectivity index (χ3n) is 4.70. The van der Waals surface area contributed by atoms with E-state index in [0.717, 1.165) is 30.9 Å². The van der Waals surface area contributed by atoms with Gasteiger partial charge in [-0.15, -0.1) is 0 Å². The second-order valence-electron chi connectivity index (χ2n) is 6.91. The number of hydrogen-bond donors (Lipinski definition) is 1. The maximum absolute atomic E-state index is 13.0. The predicted molar refractivity (Wildman–Crippen MR) is 117 cm³/mol. The molecule has 0 atom stereocenters. The Bertz CT molecular complexity index is 929. The van der Waals surface area contributed by atoms with E-state index in [9.17, 15) is 14.0 Å². The quantitative estimate of drug-likeness (QED) is 0.592. The summed E-state index contributed by atoms with van der Waals surface area (Å²) in [5.41, 5.74) is 1.43. The zero-order valence-corrected chi connectivity index (χ0v) is 18.2. The fraction of sp³-hybridized carbons (Fsp3) is 0.391. The van der Waals surface area contributed by atoms with Crippen molar-refractivity contribution in [2.45, 2.75) is 13.8 Å². The van der Waals surface area contributed by atoms with Crippen LogP contribution in [0, 0.1) is 5.82 Å². The molecule has 0 spiro atoms. The van der Waals surface area contributed by atoms with Gasteiger partial charge in [0, 0.05) is 25.2 Å². The van der Waals surface area contributed by atoms with Gasteiger partial charge in [-0.3, -0.25) is 4.79 Å². The standard InChI is InChI=1S/C23H27FN2O6/c1-3-30-20-14-19(26-9-11-29-12-10-26)21(31-4-2)13-18(20)25-22(27)15-32-23(28)16-5-7-17(24)8-6-16/h5-8,13-14H,3-4,9-12,15H2,1-2H3,(H,25,27). The topological polar surface area (TPSA) is 86.3 Å². The van der Waals surface area contributed by atoms with E-state index < -0.39 is 24.3 Å². The van der Waals surface area contributed by atoms with Crippen LogP contribution in [0.5, 0.6) is 11.5 Å². The van der Waals surface area contributed by atoms with E-state index in [-0.39, 0.29) is 5.56 Å². The molecular formula is C23H27FN2O6. The lowest BCUT2D eigenvalue weighted by Gasteiger charge is -2.31. The zero-order chi connectivity index (χ0) is 22.9. The first-order valence-electron chi connectivity index (χ1n) is 10.5. The Hall–Kier alpha value is -3.33. The van der Waals surface area contributed by atoms with Crippen molar-refractivity contribution in [2.24, 2.45) is 0 Å². The Morgan fingerprint density at radius 2 is 1.69 bits per heavy atom. The molecule has 1 fully saturated rings. The van der Waals surface area contributed by atoms with Crippen molar-refractivity contribution < 1.29 is 32.9 Å². The van der Waals surface area contributed by atoms with Crippen LogP contribution in [0.1, 0.15) is 24.2 Å². The van der Waals surface area contributed by atoms with Crippen LogP contribution in [0.3, 0.4) is 0 Å². The van der Waals surface area contributed by atoms with Crippen LogP contribution in [-0.2, 0) is 14.3 Å². The van der Waals surface area contributed by atoms with Crippen molar-refractivity contribution >= 4 is 23.3 Å². The van der Waals surface area contributed by atoms with E-state index >= 15 is 0 Å². The van der Waals surface area contributed by atoms with Crippen molar-refractivity contribution in [2.75, 3.05) is 56.3 Å². The molecule has 0 bridgehead atoms. The van der Waals surface area contributed by atoms with Crippen molar-refractivity contribution in [1.29, 1.82) is 0 Å². The summed E-state index contributed by atoms with van der Waals surface area (Å²) < 4.78 is 35.0. The Morgan fingerprint density at radius 3 is 2.34 bits per heavy atom. The number of halogens is 1. The average molecular weight is 446 g/mol. The van der Waals surface area contributed by atoms with Gasteiger partial charge in [0.05, 0.1) is 43.4 Å². The molecule has 0 aromatic heterocycles. The lowest BCUT2D eigenvalue weighted by atomic mass is 10.2. The first-order valence-corrected chi connectivity index (χ1v) is 10.5. The number of rotatable bonds is 9. The Kier molecular flexibility index (Phi) is 8.27. The number of amides is 1. The second-order valence-corrected chi connectivity index (χ2v) is 6.91. The first kappa shape index (κ1) is 23.3. The summed E-state index contributed by atoms with van der Waals surface area (Å²) in [6.45, 7) is 6.76. The van der Waals surface area contributed by atoms with Crippen molar-refractivity contribution in [3.8, 4) is 11.5 Å². The molecule has 32 heavy (non-hydrogen) atoms. The number of carbonyl (C=O) groups excluding carboxylic acids is 2. The van der Waals surface area contributed by atoms with E-state index in [0.29, 0.717) is 43.6 Å². The van der Waals surface area contributed by atoms with Crippen LogP contribution in [0.2, 0.25) is 0 Å². The highest BCUT2D eigenvalue weighted by atomic mass is 19.1. The van der Waals surface area contributed by atoms with Crippen LogP contribution in [-0.4, -0.2) is 58.0 Å². The lowest BCUT2D eigenvalue weighted by Crippen LogP contribution is -2.36. The summed E-state index contributed by atoms with van der Waals surface area (Å²) in [6, 6.07) is 8.43. The number of anilines is 2. The Morgan fingerprint density at radius 1 is 1.03 bits per heavy atom. The molecule has 1 amide bonds. The second kappa shape index (κ2) is 11.3. The molecule has 1 heterocycles.